The molecule has 0 amide bonds. The largest absolute Gasteiger partial charge is 0.384 e. The van der Waals surface area contributed by atoms with Crippen LogP contribution in [0.15, 0.2) is 10.6 Å². The first-order valence-electron chi connectivity index (χ1n) is 8.71. The fourth-order valence-corrected chi connectivity index (χ4v) is 3.36. The molecule has 24 heavy (non-hydrogen) atoms. The summed E-state index contributed by atoms with van der Waals surface area (Å²) in [5, 5.41) is 8.64. The van der Waals surface area contributed by atoms with E-state index in [4.69, 9.17) is 9.26 Å². The summed E-state index contributed by atoms with van der Waals surface area (Å²) in [4.78, 5) is 6.94. The van der Waals surface area contributed by atoms with Crippen LogP contribution in [-0.4, -0.2) is 51.1 Å². The maximum Gasteiger partial charge on any atom is 0.240 e. The molecule has 1 saturated heterocycles. The van der Waals surface area contributed by atoms with Crippen molar-refractivity contribution in [3.05, 3.63) is 29.2 Å². The highest BCUT2D eigenvalue weighted by Crippen LogP contribution is 2.21. The van der Waals surface area contributed by atoms with Crippen LogP contribution in [0.2, 0.25) is 0 Å². The molecule has 1 aliphatic rings. The lowest BCUT2D eigenvalue weighted by Crippen LogP contribution is -2.42. The van der Waals surface area contributed by atoms with Gasteiger partial charge in [-0.2, -0.15) is 10.1 Å². The third-order valence-electron chi connectivity index (χ3n) is 4.61. The number of nitrogens with zero attached hydrogens (tertiary/aromatic N) is 5. The first-order chi connectivity index (χ1) is 11.7. The topological polar surface area (TPSA) is 69.2 Å². The SMILES string of the molecule is COCCc1noc(CN2CCCC[C@H]2Cn2nc(C)cc2C)n1. The smallest absolute Gasteiger partial charge is 0.240 e. The molecule has 0 aliphatic carbocycles. The Labute approximate surface area is 143 Å². The van der Waals surface area contributed by atoms with E-state index in [9.17, 15) is 0 Å². The molecule has 0 N–H and O–H groups in total. The van der Waals surface area contributed by atoms with Gasteiger partial charge < -0.3 is 9.26 Å². The highest BCUT2D eigenvalue weighted by molar-refractivity contribution is 5.06. The second-order valence-corrected chi connectivity index (χ2v) is 6.58. The lowest BCUT2D eigenvalue weighted by molar-refractivity contribution is 0.107. The molecule has 0 bridgehead atoms. The molecule has 0 unspecified atom stereocenters. The summed E-state index contributed by atoms with van der Waals surface area (Å²) in [6.45, 7) is 7.48. The van der Waals surface area contributed by atoms with Crippen LogP contribution in [0.1, 0.15) is 42.4 Å². The normalized spacial score (nSPS) is 19.0. The Morgan fingerprint density at radius 1 is 1.33 bits per heavy atom. The quantitative estimate of drug-likeness (QED) is 0.773. The third kappa shape index (κ3) is 4.21. The third-order valence-corrected chi connectivity index (χ3v) is 4.61. The van der Waals surface area contributed by atoms with Gasteiger partial charge in [-0.05, 0) is 39.3 Å². The summed E-state index contributed by atoms with van der Waals surface area (Å²) in [6.07, 6.45) is 4.36. The summed E-state index contributed by atoms with van der Waals surface area (Å²) in [6, 6.07) is 2.60. The van der Waals surface area contributed by atoms with E-state index < -0.39 is 0 Å². The molecule has 0 saturated carbocycles. The summed E-state index contributed by atoms with van der Waals surface area (Å²) in [7, 11) is 1.68. The molecule has 1 fully saturated rings. The van der Waals surface area contributed by atoms with Crippen molar-refractivity contribution in [2.45, 2.75) is 58.7 Å². The number of likely N-dealkylation sites (tertiary alicyclic amines) is 1. The van der Waals surface area contributed by atoms with Crippen molar-refractivity contribution < 1.29 is 9.26 Å². The molecule has 7 heteroatoms. The van der Waals surface area contributed by atoms with Crippen molar-refractivity contribution in [2.24, 2.45) is 0 Å². The Kier molecular flexibility index (Phi) is 5.63. The maximum atomic E-state index is 5.41. The molecule has 0 radical (unpaired) electrons. The highest BCUT2D eigenvalue weighted by atomic mass is 16.5. The number of hydrogen-bond acceptors (Lipinski definition) is 6. The van der Waals surface area contributed by atoms with E-state index in [2.05, 4.69) is 37.8 Å². The molecule has 1 atom stereocenters. The van der Waals surface area contributed by atoms with Crippen LogP contribution in [0.5, 0.6) is 0 Å². The van der Waals surface area contributed by atoms with E-state index in [0.29, 0.717) is 31.5 Å². The number of methoxy groups -OCH3 is 1. The van der Waals surface area contributed by atoms with Crippen molar-refractivity contribution in [1.82, 2.24) is 24.8 Å². The van der Waals surface area contributed by atoms with Gasteiger partial charge in [0.05, 0.1) is 25.4 Å². The van der Waals surface area contributed by atoms with Crippen molar-refractivity contribution in [3.63, 3.8) is 0 Å². The zero-order valence-electron chi connectivity index (χ0n) is 14.9. The van der Waals surface area contributed by atoms with Gasteiger partial charge in [-0.25, -0.2) is 0 Å². The standard InChI is InChI=1S/C17H27N5O2/c1-13-10-14(2)22(19-13)11-15-6-4-5-8-21(15)12-17-18-16(20-24-17)7-9-23-3/h10,15H,4-9,11-12H2,1-3H3/t15-/m0/s1. The average molecular weight is 333 g/mol. The molecule has 1 aliphatic heterocycles. The predicted molar refractivity (Wildman–Crippen MR) is 89.6 cm³/mol. The van der Waals surface area contributed by atoms with E-state index >= 15 is 0 Å². The monoisotopic (exact) mass is 333 g/mol. The Hall–Kier alpha value is -1.73. The number of ether oxygens (including phenoxy) is 1. The number of piperidine rings is 1. The van der Waals surface area contributed by atoms with Crippen LogP contribution in [-0.2, 0) is 24.2 Å². The predicted octanol–water partition coefficient (Wildman–Crippen LogP) is 2.13. The van der Waals surface area contributed by atoms with Gasteiger partial charge in [-0.15, -0.1) is 0 Å². The second-order valence-electron chi connectivity index (χ2n) is 6.58. The van der Waals surface area contributed by atoms with Crippen LogP contribution in [0, 0.1) is 13.8 Å². The number of rotatable bonds is 7. The molecule has 0 aromatic carbocycles. The minimum Gasteiger partial charge on any atom is -0.384 e. The lowest BCUT2D eigenvalue weighted by Gasteiger charge is -2.34. The molecule has 2 aromatic rings. The minimum absolute atomic E-state index is 0.464. The van der Waals surface area contributed by atoms with Gasteiger partial charge in [0.1, 0.15) is 0 Å². The Balaban J connectivity index is 1.63. The van der Waals surface area contributed by atoms with Gasteiger partial charge >= 0.3 is 0 Å². The van der Waals surface area contributed by atoms with Gasteiger partial charge in [-0.3, -0.25) is 9.58 Å². The number of aromatic nitrogens is 4. The summed E-state index contributed by atoms with van der Waals surface area (Å²) in [5.41, 5.74) is 2.30. The second kappa shape index (κ2) is 7.90. The van der Waals surface area contributed by atoms with Gasteiger partial charge in [0.2, 0.25) is 5.89 Å². The lowest BCUT2D eigenvalue weighted by atomic mass is 10.0. The highest BCUT2D eigenvalue weighted by Gasteiger charge is 2.25. The number of aryl methyl sites for hydroxylation is 2. The van der Waals surface area contributed by atoms with Gasteiger partial charge in [0, 0.05) is 25.3 Å². The van der Waals surface area contributed by atoms with Crippen LogP contribution in [0.25, 0.3) is 0 Å². The molecule has 0 spiro atoms. The fraction of sp³-hybridized carbons (Fsp3) is 0.706. The van der Waals surface area contributed by atoms with E-state index in [-0.39, 0.29) is 0 Å². The van der Waals surface area contributed by atoms with Crippen molar-refractivity contribution in [2.75, 3.05) is 20.3 Å². The van der Waals surface area contributed by atoms with Gasteiger partial charge in [-0.1, -0.05) is 11.6 Å². The van der Waals surface area contributed by atoms with Crippen LogP contribution in [0.4, 0.5) is 0 Å². The first kappa shape index (κ1) is 17.1. The zero-order valence-corrected chi connectivity index (χ0v) is 14.9. The Morgan fingerprint density at radius 3 is 2.96 bits per heavy atom. The van der Waals surface area contributed by atoms with Crippen molar-refractivity contribution in [1.29, 1.82) is 0 Å². The van der Waals surface area contributed by atoms with Crippen LogP contribution < -0.4 is 0 Å². The molecular formula is C17H27N5O2. The summed E-state index contributed by atoms with van der Waals surface area (Å²) >= 11 is 0. The van der Waals surface area contributed by atoms with Gasteiger partial charge in [0.25, 0.3) is 0 Å². The zero-order chi connectivity index (χ0) is 16.9. The number of hydrogen-bond donors (Lipinski definition) is 0. The maximum absolute atomic E-state index is 5.41. The van der Waals surface area contributed by atoms with E-state index in [1.54, 1.807) is 7.11 Å². The summed E-state index contributed by atoms with van der Waals surface area (Å²) < 4.78 is 12.6. The van der Waals surface area contributed by atoms with E-state index in [0.717, 1.165) is 24.6 Å². The molecule has 7 nitrogen and oxygen atoms in total. The van der Waals surface area contributed by atoms with Crippen molar-refractivity contribution >= 4 is 0 Å². The van der Waals surface area contributed by atoms with E-state index in [1.165, 1.54) is 25.0 Å². The van der Waals surface area contributed by atoms with Crippen LogP contribution in [0.3, 0.4) is 0 Å². The molecule has 3 heterocycles. The molecule has 2 aromatic heterocycles. The minimum atomic E-state index is 0.464. The fourth-order valence-electron chi connectivity index (χ4n) is 3.36. The van der Waals surface area contributed by atoms with Gasteiger partial charge in [0.15, 0.2) is 5.82 Å². The average Bonchev–Trinajstić information content (AvgIpc) is 3.13. The first-order valence-corrected chi connectivity index (χ1v) is 8.71. The summed E-state index contributed by atoms with van der Waals surface area (Å²) in [5.74, 6) is 1.42. The molecule has 3 rings (SSSR count). The van der Waals surface area contributed by atoms with E-state index in [1.807, 2.05) is 6.92 Å². The molecule has 132 valence electrons. The Bertz CT molecular complexity index is 651. The molecular weight excluding hydrogens is 306 g/mol. The Morgan fingerprint density at radius 2 is 2.21 bits per heavy atom. The van der Waals surface area contributed by atoms with Crippen LogP contribution >= 0.6 is 0 Å². The van der Waals surface area contributed by atoms with Crippen molar-refractivity contribution in [3.8, 4) is 0 Å².